The van der Waals surface area contributed by atoms with Crippen molar-refractivity contribution < 1.29 is 24.5 Å². The van der Waals surface area contributed by atoms with Gasteiger partial charge in [-0.15, -0.1) is 0 Å². The molecule has 7 aliphatic rings. The number of ether oxygens (including phenoxy) is 2. The van der Waals surface area contributed by atoms with E-state index < -0.39 is 11.2 Å². The van der Waals surface area contributed by atoms with E-state index in [0.29, 0.717) is 11.7 Å². The highest BCUT2D eigenvalue weighted by atomic mass is 16.6. The Kier molecular flexibility index (Phi) is 4.15. The van der Waals surface area contributed by atoms with E-state index in [2.05, 4.69) is 25.7 Å². The molecule has 2 heterocycles. The van der Waals surface area contributed by atoms with Crippen LogP contribution in [0.25, 0.3) is 0 Å². The molecule has 0 amide bonds. The number of hydrogen-bond donors (Lipinski definition) is 2. The van der Waals surface area contributed by atoms with Crippen LogP contribution >= 0.6 is 0 Å². The van der Waals surface area contributed by atoms with Crippen LogP contribution in [0.5, 0.6) is 11.5 Å². The Morgan fingerprint density at radius 2 is 1.91 bits per heavy atom. The van der Waals surface area contributed by atoms with Gasteiger partial charge in [-0.1, -0.05) is 20.8 Å². The van der Waals surface area contributed by atoms with Crippen molar-refractivity contribution in [2.24, 2.45) is 22.7 Å². The van der Waals surface area contributed by atoms with Crippen LogP contribution in [0.2, 0.25) is 0 Å². The summed E-state index contributed by atoms with van der Waals surface area (Å²) in [5.41, 5.74) is -1.16. The molecule has 1 aromatic carbocycles. The number of phenols is 1. The first kappa shape index (κ1) is 22.6. The van der Waals surface area contributed by atoms with Crippen LogP contribution in [0.15, 0.2) is 12.1 Å². The van der Waals surface area contributed by atoms with Crippen LogP contribution in [0, 0.1) is 22.7 Å². The first-order chi connectivity index (χ1) is 16.4. The Morgan fingerprint density at radius 1 is 1.17 bits per heavy atom. The van der Waals surface area contributed by atoms with Gasteiger partial charge in [0.05, 0.1) is 11.6 Å². The number of Topliss-reactive ketones (excluding diaryl/α,β-unsaturated/α-hetero) is 1. The first-order valence-electron chi connectivity index (χ1n) is 13.5. The van der Waals surface area contributed by atoms with Gasteiger partial charge in [0, 0.05) is 41.5 Å². The molecule has 1 aromatic rings. The number of hydrogen-bond acceptors (Lipinski definition) is 6. The van der Waals surface area contributed by atoms with E-state index in [0.717, 1.165) is 49.9 Å². The number of ketones is 1. The average Bonchev–Trinajstić information content (AvgIpc) is 3.54. The van der Waals surface area contributed by atoms with E-state index >= 15 is 0 Å². The number of rotatable bonds is 4. The minimum absolute atomic E-state index is 0.110. The summed E-state index contributed by atoms with van der Waals surface area (Å²) >= 11 is 0. The summed E-state index contributed by atoms with van der Waals surface area (Å²) in [6.07, 6.45) is 5.43. The normalized spacial score (nSPS) is 43.0. The van der Waals surface area contributed by atoms with Crippen LogP contribution in [0.1, 0.15) is 82.1 Å². The van der Waals surface area contributed by atoms with Gasteiger partial charge in [0.15, 0.2) is 17.3 Å². The van der Waals surface area contributed by atoms with Crippen molar-refractivity contribution in [1.82, 2.24) is 4.90 Å². The van der Waals surface area contributed by atoms with Crippen LogP contribution in [-0.2, 0) is 10.2 Å². The van der Waals surface area contributed by atoms with Gasteiger partial charge >= 0.3 is 0 Å². The minimum atomic E-state index is -1.03. The molecule has 5 aliphatic carbocycles. The Balaban J connectivity index is 1.51. The van der Waals surface area contributed by atoms with E-state index in [1.165, 1.54) is 12.8 Å². The van der Waals surface area contributed by atoms with E-state index in [1.807, 2.05) is 13.0 Å². The highest BCUT2D eigenvalue weighted by Gasteiger charge is 2.83. The summed E-state index contributed by atoms with van der Waals surface area (Å²) < 4.78 is 13.3. The summed E-state index contributed by atoms with van der Waals surface area (Å²) in [4.78, 5) is 16.9. The molecule has 4 bridgehead atoms. The van der Waals surface area contributed by atoms with Crippen LogP contribution in [-0.4, -0.2) is 64.4 Å². The summed E-state index contributed by atoms with van der Waals surface area (Å²) in [5.74, 6) is 1.28. The number of benzene rings is 1. The number of phenolic OH excluding ortho intramolecular Hbond substituents is 1. The number of methoxy groups -OCH3 is 1. The van der Waals surface area contributed by atoms with Gasteiger partial charge in [-0.25, -0.2) is 0 Å². The number of carbonyl (C=O) groups excluding carboxylic acids is 1. The van der Waals surface area contributed by atoms with E-state index in [-0.39, 0.29) is 45.8 Å². The number of fused-ring (bicyclic) bond motifs is 2. The van der Waals surface area contributed by atoms with Crippen LogP contribution in [0.3, 0.4) is 0 Å². The molecular weight excluding hydrogens is 442 g/mol. The molecular formula is C29H39NO5. The second-order valence-electron chi connectivity index (χ2n) is 13.7. The van der Waals surface area contributed by atoms with Gasteiger partial charge in [0.2, 0.25) is 0 Å². The maximum Gasteiger partial charge on any atom is 0.180 e. The quantitative estimate of drug-likeness (QED) is 0.675. The zero-order valence-corrected chi connectivity index (χ0v) is 21.7. The summed E-state index contributed by atoms with van der Waals surface area (Å²) in [6.45, 7) is 10.1. The molecule has 2 N–H and O–H groups in total. The van der Waals surface area contributed by atoms with E-state index in [1.54, 1.807) is 13.2 Å². The number of carbonyl (C=O) groups is 1. The maximum atomic E-state index is 14.4. The predicted octanol–water partition coefficient (Wildman–Crippen LogP) is 4.05. The number of aliphatic hydroxyl groups is 1. The molecule has 2 aliphatic heterocycles. The fourth-order valence-electron chi connectivity index (χ4n) is 9.40. The summed E-state index contributed by atoms with van der Waals surface area (Å²) in [5, 5.41) is 23.1. The van der Waals surface area contributed by atoms with Gasteiger partial charge in [0.25, 0.3) is 0 Å². The molecule has 35 heavy (non-hydrogen) atoms. The van der Waals surface area contributed by atoms with Gasteiger partial charge < -0.3 is 19.7 Å². The van der Waals surface area contributed by atoms with Crippen molar-refractivity contribution in [3.8, 4) is 11.5 Å². The Labute approximate surface area is 208 Å². The third kappa shape index (κ3) is 2.32. The molecule has 6 heteroatoms. The lowest BCUT2D eigenvalue weighted by Crippen LogP contribution is -2.84. The van der Waals surface area contributed by atoms with Gasteiger partial charge in [0.1, 0.15) is 11.7 Å². The zero-order valence-electron chi connectivity index (χ0n) is 21.7. The molecule has 0 radical (unpaired) electrons. The van der Waals surface area contributed by atoms with Crippen molar-refractivity contribution >= 4 is 5.78 Å². The van der Waals surface area contributed by atoms with Gasteiger partial charge in [-0.2, -0.15) is 0 Å². The average molecular weight is 482 g/mol. The molecule has 5 fully saturated rings. The van der Waals surface area contributed by atoms with Crippen LogP contribution < -0.4 is 4.74 Å². The fourth-order valence-corrected chi connectivity index (χ4v) is 9.40. The van der Waals surface area contributed by atoms with Crippen molar-refractivity contribution in [3.05, 3.63) is 23.3 Å². The zero-order chi connectivity index (χ0) is 24.8. The number of aromatic hydroxyl groups is 1. The highest BCUT2D eigenvalue weighted by molar-refractivity contribution is 6.06. The molecule has 4 saturated carbocycles. The van der Waals surface area contributed by atoms with Gasteiger partial charge in [-0.05, 0) is 75.5 Å². The van der Waals surface area contributed by atoms with Crippen molar-refractivity contribution in [2.75, 3.05) is 20.2 Å². The molecule has 0 aromatic heterocycles. The summed E-state index contributed by atoms with van der Waals surface area (Å²) in [6, 6.07) is 3.25. The maximum absolute atomic E-state index is 14.4. The third-order valence-corrected chi connectivity index (χ3v) is 11.7. The second-order valence-corrected chi connectivity index (χ2v) is 13.7. The van der Waals surface area contributed by atoms with Gasteiger partial charge in [-0.3, -0.25) is 9.69 Å². The molecule has 2 spiro atoms. The van der Waals surface area contributed by atoms with Crippen molar-refractivity contribution in [3.63, 3.8) is 0 Å². The third-order valence-electron chi connectivity index (χ3n) is 11.7. The molecule has 8 rings (SSSR count). The lowest BCUT2D eigenvalue weighted by atomic mass is 9.33. The lowest BCUT2D eigenvalue weighted by molar-refractivity contribution is -0.307. The van der Waals surface area contributed by atoms with Crippen LogP contribution in [0.4, 0.5) is 0 Å². The molecule has 190 valence electrons. The number of piperidine rings is 1. The second kappa shape index (κ2) is 6.43. The fraction of sp³-hybridized carbons (Fsp3) is 0.759. The largest absolute Gasteiger partial charge is 0.504 e. The predicted molar refractivity (Wildman–Crippen MR) is 131 cm³/mol. The van der Waals surface area contributed by atoms with Crippen molar-refractivity contribution in [2.45, 2.75) is 95.0 Å². The topological polar surface area (TPSA) is 79.2 Å². The standard InChI is InChI=1S/C29H39NO5/c1-25(2,3)26(4,33)19-14-27-10-11-29(19,34-5)24-28(27)12-13-30(15-16-6-7-16)23(27)21(32)17-8-9-18(31)22(35-24)20(17)28/h8-9,16,19,23-24,31,33H,6-7,10-15H2,1-5H3/t19-,23-,24-,26-,27-,28+,29-/m1/s1. The first-order valence-corrected chi connectivity index (χ1v) is 13.5. The number of nitrogens with zero attached hydrogens (tertiary/aromatic N) is 1. The Morgan fingerprint density at radius 3 is 2.57 bits per heavy atom. The lowest BCUT2D eigenvalue weighted by Gasteiger charge is -2.75. The minimum Gasteiger partial charge on any atom is -0.504 e. The summed E-state index contributed by atoms with van der Waals surface area (Å²) in [7, 11) is 1.77. The molecule has 0 unspecified atom stereocenters. The molecule has 7 atom stereocenters. The Hall–Kier alpha value is -1.63. The monoisotopic (exact) mass is 481 g/mol. The SMILES string of the molecule is CO[C@]12CC[C@@]3(C[C@@H]1[C@@](C)(O)C(C)(C)C)[C@H]1C(=O)c4ccc(O)c5c4[C@@]3(CCN1CC1CC1)[C@H]2O5. The highest BCUT2D eigenvalue weighted by Crippen LogP contribution is 2.78. The number of likely N-dealkylation sites (tertiary alicyclic amines) is 1. The molecule has 1 saturated heterocycles. The Bertz CT molecular complexity index is 1130. The smallest absolute Gasteiger partial charge is 0.180 e. The van der Waals surface area contributed by atoms with E-state index in [4.69, 9.17) is 9.47 Å². The van der Waals surface area contributed by atoms with Crippen molar-refractivity contribution in [1.29, 1.82) is 0 Å². The molecule has 6 nitrogen and oxygen atoms in total. The van der Waals surface area contributed by atoms with E-state index in [9.17, 15) is 15.0 Å².